The van der Waals surface area contributed by atoms with E-state index in [1.807, 2.05) is 6.92 Å². The Labute approximate surface area is 102 Å². The van der Waals surface area contributed by atoms with E-state index >= 15 is 0 Å². The molecule has 0 spiro atoms. The van der Waals surface area contributed by atoms with Crippen molar-refractivity contribution in [2.45, 2.75) is 50.9 Å². The topological polar surface area (TPSA) is 32.3 Å². The second-order valence-electron chi connectivity index (χ2n) is 5.12. The van der Waals surface area contributed by atoms with Crippen LogP contribution in [0, 0.1) is 0 Å². The molecule has 0 radical (unpaired) electrons. The van der Waals surface area contributed by atoms with E-state index in [2.05, 4.69) is 24.1 Å². The molecule has 1 fully saturated rings. The van der Waals surface area contributed by atoms with Crippen molar-refractivity contribution in [1.29, 1.82) is 0 Å². The van der Waals surface area contributed by atoms with Crippen LogP contribution in [0.3, 0.4) is 0 Å². The van der Waals surface area contributed by atoms with Gasteiger partial charge in [-0.15, -0.1) is 0 Å². The number of rotatable bonds is 5. The first-order valence-electron chi connectivity index (χ1n) is 6.30. The third-order valence-corrected chi connectivity index (χ3v) is 4.82. The van der Waals surface area contributed by atoms with E-state index < -0.39 is 10.8 Å². The Morgan fingerprint density at radius 2 is 1.88 bits per heavy atom. The predicted molar refractivity (Wildman–Crippen MR) is 71.3 cm³/mol. The lowest BCUT2D eigenvalue weighted by Crippen LogP contribution is -2.46. The second-order valence-corrected chi connectivity index (χ2v) is 6.92. The molecular weight excluding hydrogens is 220 g/mol. The molecule has 0 aromatic heterocycles. The predicted octanol–water partition coefficient (Wildman–Crippen LogP) is 1.22. The molecule has 1 aliphatic rings. The van der Waals surface area contributed by atoms with E-state index in [9.17, 15) is 4.21 Å². The minimum atomic E-state index is -0.702. The zero-order valence-corrected chi connectivity index (χ0v) is 11.8. The van der Waals surface area contributed by atoms with Gasteiger partial charge in [-0.25, -0.2) is 0 Å². The number of nitrogens with zero attached hydrogens (tertiary/aromatic N) is 1. The van der Waals surface area contributed by atoms with Gasteiger partial charge in [-0.05, 0) is 46.7 Å². The number of likely N-dealkylation sites (tertiary alicyclic amines) is 1. The van der Waals surface area contributed by atoms with Crippen LogP contribution in [0.5, 0.6) is 0 Å². The molecule has 1 aliphatic heterocycles. The van der Waals surface area contributed by atoms with Crippen molar-refractivity contribution in [3.05, 3.63) is 0 Å². The molecule has 0 amide bonds. The third kappa shape index (κ3) is 4.52. The van der Waals surface area contributed by atoms with Crippen molar-refractivity contribution < 1.29 is 4.21 Å². The molecule has 1 N–H and O–H groups in total. The summed E-state index contributed by atoms with van der Waals surface area (Å²) in [5.41, 5.74) is 0. The summed E-state index contributed by atoms with van der Waals surface area (Å²) in [5, 5.41) is 3.81. The van der Waals surface area contributed by atoms with Gasteiger partial charge in [0, 0.05) is 40.9 Å². The Morgan fingerprint density at radius 1 is 1.31 bits per heavy atom. The maximum Gasteiger partial charge on any atom is 0.0441 e. The van der Waals surface area contributed by atoms with Gasteiger partial charge in [0.25, 0.3) is 0 Å². The highest BCUT2D eigenvalue weighted by atomic mass is 32.2. The van der Waals surface area contributed by atoms with Gasteiger partial charge in [0.2, 0.25) is 0 Å². The fourth-order valence-electron chi connectivity index (χ4n) is 2.07. The van der Waals surface area contributed by atoms with Crippen LogP contribution < -0.4 is 5.32 Å². The lowest BCUT2D eigenvalue weighted by Gasteiger charge is -2.35. The summed E-state index contributed by atoms with van der Waals surface area (Å²) < 4.78 is 11.2. The zero-order chi connectivity index (χ0) is 12.1. The molecule has 0 bridgehead atoms. The number of nitrogens with one attached hydrogen (secondary N) is 1. The first-order valence-corrected chi connectivity index (χ1v) is 7.92. The van der Waals surface area contributed by atoms with Gasteiger partial charge in [-0.1, -0.05) is 0 Å². The molecule has 0 saturated carbocycles. The molecule has 0 aromatic rings. The number of piperidine rings is 1. The first kappa shape index (κ1) is 14.1. The molecule has 1 rings (SSSR count). The Balaban J connectivity index is 2.20. The van der Waals surface area contributed by atoms with Crippen molar-refractivity contribution in [3.8, 4) is 0 Å². The van der Waals surface area contributed by atoms with E-state index in [0.29, 0.717) is 12.1 Å². The van der Waals surface area contributed by atoms with Gasteiger partial charge in [0.15, 0.2) is 0 Å². The summed E-state index contributed by atoms with van der Waals surface area (Å²) in [5.74, 6) is 0. The number of hydrogen-bond donors (Lipinski definition) is 1. The summed E-state index contributed by atoms with van der Waals surface area (Å²) in [6.45, 7) is 9.84. The molecule has 96 valence electrons. The first-order chi connectivity index (χ1) is 7.50. The molecule has 2 unspecified atom stereocenters. The van der Waals surface area contributed by atoms with Gasteiger partial charge in [-0.3, -0.25) is 4.21 Å². The summed E-state index contributed by atoms with van der Waals surface area (Å²) in [4.78, 5) is 2.53. The molecule has 1 saturated heterocycles. The zero-order valence-electron chi connectivity index (χ0n) is 11.0. The van der Waals surface area contributed by atoms with Crippen molar-refractivity contribution in [2.24, 2.45) is 0 Å². The second kappa shape index (κ2) is 6.72. The third-order valence-electron chi connectivity index (χ3n) is 3.52. The van der Waals surface area contributed by atoms with Gasteiger partial charge < -0.3 is 10.2 Å². The average molecular weight is 246 g/mol. The maximum absolute atomic E-state index is 11.2. The minimum absolute atomic E-state index is 0.267. The monoisotopic (exact) mass is 246 g/mol. The summed E-state index contributed by atoms with van der Waals surface area (Å²) in [6.07, 6.45) is 4.23. The quantitative estimate of drug-likeness (QED) is 0.791. The van der Waals surface area contributed by atoms with E-state index in [-0.39, 0.29) is 5.25 Å². The van der Waals surface area contributed by atoms with Crippen LogP contribution in [0.4, 0.5) is 0 Å². The molecular formula is C12H26N2OS. The molecule has 16 heavy (non-hydrogen) atoms. The summed E-state index contributed by atoms with van der Waals surface area (Å²) in [6, 6.07) is 1.30. The largest absolute Gasteiger partial charge is 0.313 e. The highest BCUT2D eigenvalue weighted by Crippen LogP contribution is 2.12. The van der Waals surface area contributed by atoms with Gasteiger partial charge in [-0.2, -0.15) is 0 Å². The van der Waals surface area contributed by atoms with Crippen LogP contribution in [0.2, 0.25) is 0 Å². The molecule has 1 heterocycles. The molecule has 0 aliphatic carbocycles. The van der Waals surface area contributed by atoms with E-state index in [1.54, 1.807) is 6.26 Å². The van der Waals surface area contributed by atoms with Crippen molar-refractivity contribution in [1.82, 2.24) is 10.2 Å². The van der Waals surface area contributed by atoms with Crippen molar-refractivity contribution >= 4 is 10.8 Å². The highest BCUT2D eigenvalue weighted by molar-refractivity contribution is 7.84. The molecule has 2 atom stereocenters. The lowest BCUT2D eigenvalue weighted by molar-refractivity contribution is 0.161. The number of hydrogen-bond acceptors (Lipinski definition) is 3. The highest BCUT2D eigenvalue weighted by Gasteiger charge is 2.20. The average Bonchev–Trinajstić information content (AvgIpc) is 2.26. The van der Waals surface area contributed by atoms with E-state index in [4.69, 9.17) is 0 Å². The Bertz CT molecular complexity index is 225. The van der Waals surface area contributed by atoms with Crippen LogP contribution in [0.1, 0.15) is 33.6 Å². The van der Waals surface area contributed by atoms with Gasteiger partial charge in [0.05, 0.1) is 0 Å². The Kier molecular flexibility index (Phi) is 5.94. The smallest absolute Gasteiger partial charge is 0.0441 e. The van der Waals surface area contributed by atoms with Gasteiger partial charge in [0.1, 0.15) is 0 Å². The Morgan fingerprint density at radius 3 is 2.31 bits per heavy atom. The SMILES string of the molecule is CC(C)N1CCC(NCC(C)S(C)=O)CC1. The van der Waals surface area contributed by atoms with Crippen LogP contribution >= 0.6 is 0 Å². The maximum atomic E-state index is 11.2. The van der Waals surface area contributed by atoms with Crippen molar-refractivity contribution in [2.75, 3.05) is 25.9 Å². The van der Waals surface area contributed by atoms with Crippen LogP contribution in [-0.2, 0) is 10.8 Å². The van der Waals surface area contributed by atoms with E-state index in [0.717, 1.165) is 6.54 Å². The molecule has 4 heteroatoms. The fourth-order valence-corrected chi connectivity index (χ4v) is 2.40. The van der Waals surface area contributed by atoms with Crippen molar-refractivity contribution in [3.63, 3.8) is 0 Å². The Hall–Kier alpha value is 0.0700. The molecule has 0 aromatic carbocycles. The molecule has 3 nitrogen and oxygen atoms in total. The lowest BCUT2D eigenvalue weighted by atomic mass is 10.0. The normalized spacial score (nSPS) is 23.6. The fraction of sp³-hybridized carbons (Fsp3) is 1.00. The summed E-state index contributed by atoms with van der Waals surface area (Å²) >= 11 is 0. The van der Waals surface area contributed by atoms with E-state index in [1.165, 1.54) is 25.9 Å². The van der Waals surface area contributed by atoms with Gasteiger partial charge >= 0.3 is 0 Å². The van der Waals surface area contributed by atoms with Crippen LogP contribution in [-0.4, -0.2) is 52.3 Å². The minimum Gasteiger partial charge on any atom is -0.313 e. The van der Waals surface area contributed by atoms with Crippen LogP contribution in [0.15, 0.2) is 0 Å². The summed E-state index contributed by atoms with van der Waals surface area (Å²) in [7, 11) is -0.702. The van der Waals surface area contributed by atoms with Crippen LogP contribution in [0.25, 0.3) is 0 Å². The standard InChI is InChI=1S/C12H26N2OS/c1-10(2)14-7-5-12(6-8-14)13-9-11(3)16(4)15/h10-13H,5-9H2,1-4H3.